The summed E-state index contributed by atoms with van der Waals surface area (Å²) in [5, 5.41) is 8.77. The van der Waals surface area contributed by atoms with Crippen LogP contribution in [0, 0.1) is 6.92 Å². The first kappa shape index (κ1) is 17.2. The van der Waals surface area contributed by atoms with Crippen molar-refractivity contribution in [2.75, 3.05) is 0 Å². The molecule has 4 rings (SSSR count). The molecule has 3 aromatic heterocycles. The number of hydrogen-bond acceptors (Lipinski definition) is 4. The molecule has 0 aliphatic carbocycles. The molecule has 6 heteroatoms. The number of halogens is 1. The van der Waals surface area contributed by atoms with E-state index >= 15 is 0 Å². The van der Waals surface area contributed by atoms with E-state index in [1.54, 1.807) is 6.20 Å². The van der Waals surface area contributed by atoms with Crippen molar-refractivity contribution in [3.8, 4) is 0 Å². The lowest BCUT2D eigenvalue weighted by molar-refractivity contribution is 0.321. The van der Waals surface area contributed by atoms with Crippen molar-refractivity contribution < 1.29 is 0 Å². The largest absolute Gasteiger partial charge is 0.300 e. The van der Waals surface area contributed by atoms with Gasteiger partial charge in [-0.1, -0.05) is 17.7 Å². The summed E-state index contributed by atoms with van der Waals surface area (Å²) in [5.41, 5.74) is 4.16. The van der Waals surface area contributed by atoms with Crippen molar-refractivity contribution in [3.05, 3.63) is 76.6 Å². The maximum Gasteiger partial charge on any atom is 0.0834 e. The van der Waals surface area contributed by atoms with Gasteiger partial charge in [-0.05, 0) is 56.5 Å². The molecule has 0 aromatic carbocycles. The molecule has 3 aromatic rings. The third-order valence-corrected chi connectivity index (χ3v) is 5.25. The lowest BCUT2D eigenvalue weighted by Crippen LogP contribution is -2.32. The van der Waals surface area contributed by atoms with E-state index in [1.807, 2.05) is 29.1 Å². The minimum Gasteiger partial charge on any atom is -0.300 e. The molecule has 4 heterocycles. The van der Waals surface area contributed by atoms with Gasteiger partial charge in [0, 0.05) is 18.1 Å². The number of piperidine rings is 1. The van der Waals surface area contributed by atoms with E-state index in [-0.39, 0.29) is 12.1 Å². The quantitative estimate of drug-likeness (QED) is 0.749. The molecule has 2 atom stereocenters. The zero-order valence-corrected chi connectivity index (χ0v) is 15.5. The summed E-state index contributed by atoms with van der Waals surface area (Å²) in [5.74, 6) is 0. The number of hydrogen-bond donors (Lipinski definition) is 1. The zero-order chi connectivity index (χ0) is 17.9. The minimum absolute atomic E-state index is 0.168. The van der Waals surface area contributed by atoms with Crippen LogP contribution in [0.2, 0.25) is 5.02 Å². The third-order valence-electron chi connectivity index (χ3n) is 4.93. The first-order valence-corrected chi connectivity index (χ1v) is 9.39. The highest BCUT2D eigenvalue weighted by Crippen LogP contribution is 2.33. The minimum atomic E-state index is 0.168. The molecule has 26 heavy (non-hydrogen) atoms. The maximum absolute atomic E-state index is 6.34. The molecule has 1 N–H and O–H groups in total. The van der Waals surface area contributed by atoms with Crippen LogP contribution in [0.1, 0.15) is 54.1 Å². The van der Waals surface area contributed by atoms with Crippen LogP contribution in [-0.4, -0.2) is 19.7 Å². The number of nitrogens with one attached hydrogen (secondary N) is 1. The van der Waals surface area contributed by atoms with Gasteiger partial charge < -0.3 is 5.32 Å². The number of nitrogens with zero attached hydrogens (tertiary/aromatic N) is 4. The Labute approximate surface area is 158 Å². The fourth-order valence-electron chi connectivity index (χ4n) is 3.54. The molecule has 0 amide bonds. The van der Waals surface area contributed by atoms with Gasteiger partial charge >= 0.3 is 0 Å². The van der Waals surface area contributed by atoms with E-state index in [9.17, 15) is 0 Å². The summed E-state index contributed by atoms with van der Waals surface area (Å²) >= 11 is 6.34. The van der Waals surface area contributed by atoms with Gasteiger partial charge in [0.25, 0.3) is 0 Å². The second-order valence-electron chi connectivity index (χ2n) is 6.76. The smallest absolute Gasteiger partial charge is 0.0834 e. The Morgan fingerprint density at radius 2 is 2.00 bits per heavy atom. The van der Waals surface area contributed by atoms with Crippen molar-refractivity contribution in [1.82, 2.24) is 25.1 Å². The van der Waals surface area contributed by atoms with E-state index in [0.29, 0.717) is 6.54 Å². The maximum atomic E-state index is 6.34. The molecule has 134 valence electrons. The van der Waals surface area contributed by atoms with Gasteiger partial charge in [0.1, 0.15) is 0 Å². The molecule has 1 saturated heterocycles. The average molecular weight is 368 g/mol. The number of pyridine rings is 2. The topological polar surface area (TPSA) is 55.6 Å². The monoisotopic (exact) mass is 367 g/mol. The third kappa shape index (κ3) is 3.64. The summed E-state index contributed by atoms with van der Waals surface area (Å²) in [6, 6.07) is 12.4. The van der Waals surface area contributed by atoms with Crippen LogP contribution in [-0.2, 0) is 6.54 Å². The summed E-state index contributed by atoms with van der Waals surface area (Å²) in [6.45, 7) is 2.75. The molecule has 5 nitrogen and oxygen atoms in total. The summed E-state index contributed by atoms with van der Waals surface area (Å²) < 4.78 is 1.97. The molecule has 0 radical (unpaired) electrons. The van der Waals surface area contributed by atoms with Crippen LogP contribution in [0.3, 0.4) is 0 Å². The Hall–Kier alpha value is -2.24. The molecule has 2 unspecified atom stereocenters. The molecule has 0 saturated carbocycles. The standard InChI is InChI=1S/C20H22ClN5/c1-14-10-12-23-26(14)13-15-5-2-7-17(24-15)18-8-3-9-19(25-18)20-16(21)6-4-11-22-20/h2,4-7,10-12,18-19,25H,3,8-9,13H2,1H3. The lowest BCUT2D eigenvalue weighted by atomic mass is 9.94. The SMILES string of the molecule is Cc1ccnn1Cc1cccc(C2CCCC(c3ncccc3Cl)N2)n1. The normalized spacial score (nSPS) is 20.2. The van der Waals surface area contributed by atoms with Crippen molar-refractivity contribution in [2.24, 2.45) is 0 Å². The lowest BCUT2D eigenvalue weighted by Gasteiger charge is -2.31. The van der Waals surface area contributed by atoms with Gasteiger partial charge in [-0.25, -0.2) is 0 Å². The van der Waals surface area contributed by atoms with E-state index in [0.717, 1.165) is 47.1 Å². The first-order chi connectivity index (χ1) is 12.7. The fourth-order valence-corrected chi connectivity index (χ4v) is 3.79. The molecular weight excluding hydrogens is 346 g/mol. The number of rotatable bonds is 4. The first-order valence-electron chi connectivity index (χ1n) is 9.01. The van der Waals surface area contributed by atoms with Gasteiger partial charge in [-0.15, -0.1) is 0 Å². The number of aromatic nitrogens is 4. The van der Waals surface area contributed by atoms with E-state index < -0.39 is 0 Å². The Bertz CT molecular complexity index is 891. The zero-order valence-electron chi connectivity index (χ0n) is 14.8. The van der Waals surface area contributed by atoms with Crippen molar-refractivity contribution in [1.29, 1.82) is 0 Å². The molecule has 1 fully saturated rings. The van der Waals surface area contributed by atoms with Gasteiger partial charge in [0.2, 0.25) is 0 Å². The highest BCUT2D eigenvalue weighted by molar-refractivity contribution is 6.31. The van der Waals surface area contributed by atoms with Crippen LogP contribution in [0.15, 0.2) is 48.8 Å². The highest BCUT2D eigenvalue weighted by Gasteiger charge is 2.26. The van der Waals surface area contributed by atoms with Gasteiger partial charge in [0.15, 0.2) is 0 Å². The van der Waals surface area contributed by atoms with Crippen LogP contribution in [0.5, 0.6) is 0 Å². The average Bonchev–Trinajstić information content (AvgIpc) is 3.07. The Morgan fingerprint density at radius 3 is 2.81 bits per heavy atom. The number of aryl methyl sites for hydroxylation is 1. The second kappa shape index (κ2) is 7.56. The predicted octanol–water partition coefficient (Wildman–Crippen LogP) is 4.24. The van der Waals surface area contributed by atoms with Crippen LogP contribution in [0.25, 0.3) is 0 Å². The molecular formula is C20H22ClN5. The van der Waals surface area contributed by atoms with Gasteiger partial charge in [-0.3, -0.25) is 14.6 Å². The molecule has 0 bridgehead atoms. The Balaban J connectivity index is 1.53. The summed E-state index contributed by atoms with van der Waals surface area (Å²) in [6.07, 6.45) is 6.86. The summed E-state index contributed by atoms with van der Waals surface area (Å²) in [7, 11) is 0. The van der Waals surface area contributed by atoms with E-state index in [4.69, 9.17) is 16.6 Å². The Kier molecular flexibility index (Phi) is 5.00. The molecule has 1 aliphatic rings. The highest BCUT2D eigenvalue weighted by atomic mass is 35.5. The van der Waals surface area contributed by atoms with Gasteiger partial charge in [0.05, 0.1) is 40.7 Å². The molecule has 0 spiro atoms. The van der Waals surface area contributed by atoms with Crippen LogP contribution in [0.4, 0.5) is 0 Å². The predicted molar refractivity (Wildman–Crippen MR) is 102 cm³/mol. The van der Waals surface area contributed by atoms with Crippen molar-refractivity contribution in [2.45, 2.75) is 44.8 Å². The van der Waals surface area contributed by atoms with Gasteiger partial charge in [-0.2, -0.15) is 5.10 Å². The second-order valence-corrected chi connectivity index (χ2v) is 7.16. The van der Waals surface area contributed by atoms with E-state index in [2.05, 4.69) is 40.5 Å². The van der Waals surface area contributed by atoms with E-state index in [1.165, 1.54) is 0 Å². The summed E-state index contributed by atoms with van der Waals surface area (Å²) in [4.78, 5) is 9.37. The molecule has 1 aliphatic heterocycles. The van der Waals surface area contributed by atoms with Crippen molar-refractivity contribution >= 4 is 11.6 Å². The Morgan fingerprint density at radius 1 is 1.12 bits per heavy atom. The van der Waals surface area contributed by atoms with Crippen molar-refractivity contribution in [3.63, 3.8) is 0 Å². The van der Waals surface area contributed by atoms with Crippen LogP contribution < -0.4 is 5.32 Å². The van der Waals surface area contributed by atoms with Crippen LogP contribution >= 0.6 is 11.6 Å². The fraction of sp³-hybridized carbons (Fsp3) is 0.350.